The number of rotatable bonds is 5. The summed E-state index contributed by atoms with van der Waals surface area (Å²) in [6.07, 6.45) is 0. The van der Waals surface area contributed by atoms with Gasteiger partial charge in [-0.25, -0.2) is 9.18 Å². The van der Waals surface area contributed by atoms with Gasteiger partial charge < -0.3 is 15.2 Å². The third-order valence-corrected chi connectivity index (χ3v) is 2.03. The molecule has 0 aliphatic rings. The van der Waals surface area contributed by atoms with Gasteiger partial charge in [0.2, 0.25) is 0 Å². The Labute approximate surface area is 93.0 Å². The highest BCUT2D eigenvalue weighted by atomic mass is 19.1. The maximum absolute atomic E-state index is 13.3. The van der Waals surface area contributed by atoms with Crippen LogP contribution in [0.3, 0.4) is 0 Å². The molecule has 1 aromatic rings. The van der Waals surface area contributed by atoms with Gasteiger partial charge in [0.15, 0.2) is 0 Å². The molecule has 16 heavy (non-hydrogen) atoms. The molecule has 0 heterocycles. The van der Waals surface area contributed by atoms with Crippen molar-refractivity contribution in [2.75, 3.05) is 19.0 Å². The number of carboxylic acids is 1. The van der Waals surface area contributed by atoms with Gasteiger partial charge in [0, 0.05) is 18.8 Å². The van der Waals surface area contributed by atoms with Gasteiger partial charge in [-0.3, -0.25) is 0 Å². The van der Waals surface area contributed by atoms with E-state index in [2.05, 4.69) is 5.32 Å². The molecule has 0 aliphatic heterocycles. The molecule has 0 bridgehead atoms. The van der Waals surface area contributed by atoms with Gasteiger partial charge in [-0.05, 0) is 25.1 Å². The molecule has 2 N–H and O–H groups in total. The fourth-order valence-electron chi connectivity index (χ4n) is 1.35. The first-order chi connectivity index (χ1) is 7.54. The van der Waals surface area contributed by atoms with E-state index in [-0.39, 0.29) is 11.6 Å². The number of benzene rings is 1. The number of carboxylic acid groups (broad SMARTS) is 1. The Kier molecular flexibility index (Phi) is 4.25. The molecule has 1 aromatic carbocycles. The summed E-state index contributed by atoms with van der Waals surface area (Å²) in [6, 6.07) is 3.95. The molecule has 0 spiro atoms. The Hall–Kier alpha value is -1.62. The lowest BCUT2D eigenvalue weighted by molar-refractivity contribution is 0.0692. The second kappa shape index (κ2) is 5.46. The summed E-state index contributed by atoms with van der Waals surface area (Å²) in [6.45, 7) is 2.37. The summed E-state index contributed by atoms with van der Waals surface area (Å²) < 4.78 is 18.2. The zero-order chi connectivity index (χ0) is 12.1. The van der Waals surface area contributed by atoms with Crippen molar-refractivity contribution in [2.24, 2.45) is 0 Å². The minimum absolute atomic E-state index is 0.0279. The van der Waals surface area contributed by atoms with Crippen molar-refractivity contribution in [3.8, 4) is 0 Å². The first-order valence-corrected chi connectivity index (χ1v) is 4.83. The van der Waals surface area contributed by atoms with E-state index in [9.17, 15) is 9.18 Å². The Morgan fingerprint density at radius 3 is 2.81 bits per heavy atom. The van der Waals surface area contributed by atoms with Crippen LogP contribution >= 0.6 is 0 Å². The number of nitrogens with one attached hydrogen (secondary N) is 1. The average Bonchev–Trinajstić information content (AvgIpc) is 2.17. The molecule has 0 radical (unpaired) electrons. The Morgan fingerprint density at radius 1 is 1.62 bits per heavy atom. The van der Waals surface area contributed by atoms with E-state index in [4.69, 9.17) is 9.84 Å². The number of halogens is 1. The summed E-state index contributed by atoms with van der Waals surface area (Å²) in [7, 11) is 1.58. The molecular weight excluding hydrogens is 213 g/mol. The number of anilines is 1. The van der Waals surface area contributed by atoms with Gasteiger partial charge in [0.05, 0.1) is 12.2 Å². The van der Waals surface area contributed by atoms with E-state index in [0.29, 0.717) is 12.3 Å². The smallest absolute Gasteiger partial charge is 0.338 e. The summed E-state index contributed by atoms with van der Waals surface area (Å²) >= 11 is 0. The van der Waals surface area contributed by atoms with Crippen molar-refractivity contribution in [3.05, 3.63) is 29.6 Å². The first kappa shape index (κ1) is 12.4. The molecular formula is C11H14FNO3. The van der Waals surface area contributed by atoms with Crippen LogP contribution in [0.4, 0.5) is 10.1 Å². The highest BCUT2D eigenvalue weighted by molar-refractivity contribution is 5.88. The van der Waals surface area contributed by atoms with E-state index in [0.717, 1.165) is 6.07 Å². The maximum atomic E-state index is 13.3. The van der Waals surface area contributed by atoms with Crippen LogP contribution in [0.1, 0.15) is 17.3 Å². The molecule has 0 amide bonds. The van der Waals surface area contributed by atoms with Crippen LogP contribution in [0.25, 0.3) is 0 Å². The van der Waals surface area contributed by atoms with Crippen LogP contribution in [0, 0.1) is 5.82 Å². The molecule has 0 saturated heterocycles. The topological polar surface area (TPSA) is 58.6 Å². The molecule has 0 aromatic heterocycles. The van der Waals surface area contributed by atoms with Gasteiger partial charge in [-0.2, -0.15) is 0 Å². The quantitative estimate of drug-likeness (QED) is 0.807. The zero-order valence-corrected chi connectivity index (χ0v) is 9.16. The van der Waals surface area contributed by atoms with Crippen molar-refractivity contribution in [3.63, 3.8) is 0 Å². The lowest BCUT2D eigenvalue weighted by atomic mass is 10.2. The van der Waals surface area contributed by atoms with Crippen LogP contribution in [0.15, 0.2) is 18.2 Å². The van der Waals surface area contributed by atoms with E-state index in [1.165, 1.54) is 12.1 Å². The van der Waals surface area contributed by atoms with E-state index >= 15 is 0 Å². The van der Waals surface area contributed by atoms with Gasteiger partial charge in [-0.1, -0.05) is 0 Å². The van der Waals surface area contributed by atoms with Gasteiger partial charge >= 0.3 is 5.97 Å². The number of carbonyl (C=O) groups is 1. The van der Waals surface area contributed by atoms with Crippen LogP contribution in [-0.4, -0.2) is 30.8 Å². The monoisotopic (exact) mass is 227 g/mol. The predicted octanol–water partition coefficient (Wildman–Crippen LogP) is 1.97. The molecule has 4 nitrogen and oxygen atoms in total. The standard InChI is InChI=1S/C11H14FNO3/c1-7(6-16-2)13-8-3-4-9(11(14)15)10(12)5-8/h3-5,7,13H,6H2,1-2H3,(H,14,15). The van der Waals surface area contributed by atoms with Crippen LogP contribution in [0.5, 0.6) is 0 Å². The second-order valence-corrected chi connectivity index (χ2v) is 3.50. The average molecular weight is 227 g/mol. The fourth-order valence-corrected chi connectivity index (χ4v) is 1.35. The van der Waals surface area contributed by atoms with E-state index in [1.54, 1.807) is 7.11 Å². The summed E-state index contributed by atoms with van der Waals surface area (Å²) in [4.78, 5) is 10.6. The Bertz CT molecular complexity index is 381. The summed E-state index contributed by atoms with van der Waals surface area (Å²) in [5.74, 6) is -2.02. The molecule has 88 valence electrons. The molecule has 0 saturated carbocycles. The van der Waals surface area contributed by atoms with Crippen molar-refractivity contribution in [2.45, 2.75) is 13.0 Å². The highest BCUT2D eigenvalue weighted by Crippen LogP contribution is 2.15. The van der Waals surface area contributed by atoms with Crippen molar-refractivity contribution >= 4 is 11.7 Å². The Morgan fingerprint density at radius 2 is 2.31 bits per heavy atom. The first-order valence-electron chi connectivity index (χ1n) is 4.83. The van der Waals surface area contributed by atoms with Crippen LogP contribution < -0.4 is 5.32 Å². The van der Waals surface area contributed by atoms with Gasteiger partial charge in [-0.15, -0.1) is 0 Å². The van der Waals surface area contributed by atoms with E-state index < -0.39 is 11.8 Å². The number of ether oxygens (including phenoxy) is 1. The minimum Gasteiger partial charge on any atom is -0.478 e. The minimum atomic E-state index is -1.27. The molecule has 5 heteroatoms. The predicted molar refractivity (Wildman–Crippen MR) is 58.3 cm³/mol. The number of aromatic carboxylic acids is 1. The molecule has 0 fully saturated rings. The SMILES string of the molecule is COCC(C)Nc1ccc(C(=O)O)c(F)c1. The Balaban J connectivity index is 2.77. The summed E-state index contributed by atoms with van der Waals surface area (Å²) in [5, 5.41) is 11.6. The largest absolute Gasteiger partial charge is 0.478 e. The molecule has 1 atom stereocenters. The summed E-state index contributed by atoms with van der Waals surface area (Å²) in [5.41, 5.74) is 0.206. The third kappa shape index (κ3) is 3.20. The number of methoxy groups -OCH3 is 1. The lowest BCUT2D eigenvalue weighted by Gasteiger charge is -2.14. The second-order valence-electron chi connectivity index (χ2n) is 3.50. The molecule has 1 rings (SSSR count). The normalized spacial score (nSPS) is 12.2. The van der Waals surface area contributed by atoms with Gasteiger partial charge in [0.1, 0.15) is 5.82 Å². The van der Waals surface area contributed by atoms with Crippen molar-refractivity contribution in [1.29, 1.82) is 0 Å². The maximum Gasteiger partial charge on any atom is 0.338 e. The lowest BCUT2D eigenvalue weighted by Crippen LogP contribution is -2.20. The van der Waals surface area contributed by atoms with Gasteiger partial charge in [0.25, 0.3) is 0 Å². The molecule has 0 aliphatic carbocycles. The fraction of sp³-hybridized carbons (Fsp3) is 0.364. The van der Waals surface area contributed by atoms with Crippen LogP contribution in [-0.2, 0) is 4.74 Å². The highest BCUT2D eigenvalue weighted by Gasteiger charge is 2.11. The van der Waals surface area contributed by atoms with E-state index in [1.807, 2.05) is 6.92 Å². The van der Waals surface area contributed by atoms with Crippen molar-refractivity contribution in [1.82, 2.24) is 0 Å². The van der Waals surface area contributed by atoms with Crippen LogP contribution in [0.2, 0.25) is 0 Å². The number of hydrogen-bond acceptors (Lipinski definition) is 3. The number of hydrogen-bond donors (Lipinski definition) is 2. The molecule has 1 unspecified atom stereocenters. The zero-order valence-electron chi connectivity index (χ0n) is 9.16. The third-order valence-electron chi connectivity index (χ3n) is 2.03. The van der Waals surface area contributed by atoms with Crippen molar-refractivity contribution < 1.29 is 19.0 Å².